The van der Waals surface area contributed by atoms with Gasteiger partial charge in [-0.2, -0.15) is 0 Å². The highest BCUT2D eigenvalue weighted by Crippen LogP contribution is 2.69. The van der Waals surface area contributed by atoms with Gasteiger partial charge in [-0.15, -0.1) is 0 Å². The van der Waals surface area contributed by atoms with E-state index >= 15 is 4.57 Å². The molecule has 41 heavy (non-hydrogen) atoms. The molecule has 6 aromatic rings. The zero-order valence-corrected chi connectivity index (χ0v) is 23.4. The van der Waals surface area contributed by atoms with E-state index in [1.807, 2.05) is 143 Å². The molecule has 0 radical (unpaired) electrons. The topological polar surface area (TPSA) is 49.3 Å². The second-order valence-corrected chi connectivity index (χ2v) is 12.4. The van der Waals surface area contributed by atoms with Crippen LogP contribution >= 0.6 is 7.44 Å². The molecule has 0 saturated heterocycles. The van der Waals surface area contributed by atoms with Crippen molar-refractivity contribution in [3.63, 3.8) is 0 Å². The van der Waals surface area contributed by atoms with Crippen LogP contribution in [-0.4, -0.2) is 9.97 Å². The lowest BCUT2D eigenvalue weighted by atomic mass is 10.1. The number of hydrogen-bond acceptors (Lipinski definition) is 3. The summed E-state index contributed by atoms with van der Waals surface area (Å²) in [4.78, 5) is 10.2. The molecule has 2 heterocycles. The van der Waals surface area contributed by atoms with E-state index in [9.17, 15) is 0 Å². The largest absolute Gasteiger partial charge is 0.304 e. The van der Waals surface area contributed by atoms with Crippen LogP contribution in [0.2, 0.25) is 0 Å². The molecular formula is C35H27N4OP. The molecule has 0 aliphatic carbocycles. The molecule has 5 aromatic carbocycles. The van der Waals surface area contributed by atoms with Gasteiger partial charge < -0.3 is 0 Å². The predicted molar refractivity (Wildman–Crippen MR) is 168 cm³/mol. The van der Waals surface area contributed by atoms with Crippen molar-refractivity contribution in [2.45, 2.75) is 6.92 Å². The van der Waals surface area contributed by atoms with Crippen molar-refractivity contribution in [3.8, 4) is 22.5 Å². The van der Waals surface area contributed by atoms with Crippen molar-refractivity contribution in [3.05, 3.63) is 151 Å². The Hall–Kier alpha value is -4.99. The van der Waals surface area contributed by atoms with Crippen molar-refractivity contribution in [1.29, 1.82) is 0 Å². The summed E-state index contributed by atoms with van der Waals surface area (Å²) in [5.41, 5.74) is 7.08. The van der Waals surface area contributed by atoms with Gasteiger partial charge in [0.2, 0.25) is 5.95 Å². The maximum absolute atomic E-state index is 15.9. The van der Waals surface area contributed by atoms with Gasteiger partial charge in [-0.25, -0.2) is 14.6 Å². The number of anilines is 4. The first kappa shape index (κ1) is 25.0. The molecule has 5 nitrogen and oxygen atoms in total. The molecule has 0 amide bonds. The van der Waals surface area contributed by atoms with Gasteiger partial charge in [0, 0.05) is 16.8 Å². The Labute approximate surface area is 239 Å². The lowest BCUT2D eigenvalue weighted by molar-refractivity contribution is 0.582. The summed E-state index contributed by atoms with van der Waals surface area (Å²) in [6.07, 6.45) is 0. The highest BCUT2D eigenvalue weighted by atomic mass is 31.2. The van der Waals surface area contributed by atoms with Gasteiger partial charge in [0.1, 0.15) is 0 Å². The Morgan fingerprint density at radius 2 is 1.00 bits per heavy atom. The average Bonchev–Trinajstić information content (AvgIpc) is 3.31. The molecule has 1 atom stereocenters. The van der Waals surface area contributed by atoms with Crippen LogP contribution in [0.15, 0.2) is 146 Å². The summed E-state index contributed by atoms with van der Waals surface area (Å²) < 4.78 is 19.7. The summed E-state index contributed by atoms with van der Waals surface area (Å²) in [5.74, 6) is 0.388. The fraction of sp³-hybridized carbons (Fsp3) is 0.0286. The molecular weight excluding hydrogens is 523 g/mol. The number of nitrogens with zero attached hydrogens (tertiary/aromatic N) is 4. The maximum atomic E-state index is 15.9. The van der Waals surface area contributed by atoms with Crippen LogP contribution in [0, 0.1) is 6.92 Å². The van der Waals surface area contributed by atoms with Gasteiger partial charge in [-0.1, -0.05) is 109 Å². The van der Waals surface area contributed by atoms with Crippen molar-refractivity contribution in [1.82, 2.24) is 9.97 Å². The Kier molecular flexibility index (Phi) is 6.22. The molecule has 0 bridgehead atoms. The molecule has 0 N–H and O–H groups in total. The highest BCUT2D eigenvalue weighted by molar-refractivity contribution is 7.76. The summed E-state index contributed by atoms with van der Waals surface area (Å²) in [6.45, 7) is 2.05. The second kappa shape index (κ2) is 10.2. The van der Waals surface area contributed by atoms with Gasteiger partial charge in [0.15, 0.2) is 0 Å². The van der Waals surface area contributed by atoms with Gasteiger partial charge in [0.05, 0.1) is 28.1 Å². The van der Waals surface area contributed by atoms with E-state index in [-0.39, 0.29) is 0 Å². The van der Waals surface area contributed by atoms with E-state index in [2.05, 4.69) is 19.1 Å². The molecule has 0 fully saturated rings. The van der Waals surface area contributed by atoms with Gasteiger partial charge >= 0.3 is 7.44 Å². The van der Waals surface area contributed by atoms with E-state index in [1.54, 1.807) is 0 Å². The standard InChI is InChI=1S/C35H27N4OP/c1-26-21-23-29(24-22-26)38-33-19-11-12-20-34(33)39(41(38,40)30-17-9-4-10-18-30)35-36-31(27-13-5-2-6-14-27)25-32(37-35)28-15-7-3-8-16-28/h2-25H,1H3. The van der Waals surface area contributed by atoms with Crippen LogP contribution in [0.4, 0.5) is 23.0 Å². The van der Waals surface area contributed by atoms with Crippen molar-refractivity contribution < 1.29 is 4.57 Å². The molecule has 1 aromatic heterocycles. The molecule has 198 valence electrons. The van der Waals surface area contributed by atoms with Crippen LogP contribution in [-0.2, 0) is 4.57 Å². The number of hydrogen-bond donors (Lipinski definition) is 0. The third kappa shape index (κ3) is 4.32. The number of para-hydroxylation sites is 2. The van der Waals surface area contributed by atoms with Crippen molar-refractivity contribution in [2.24, 2.45) is 0 Å². The Bertz CT molecular complexity index is 1820. The molecule has 1 unspecified atom stereocenters. The van der Waals surface area contributed by atoms with Gasteiger partial charge in [-0.05, 0) is 49.4 Å². The summed E-state index contributed by atoms with van der Waals surface area (Å²) in [7, 11) is -3.56. The number of fused-ring (bicyclic) bond motifs is 1. The number of aryl methyl sites for hydroxylation is 1. The third-order valence-electron chi connectivity index (χ3n) is 7.29. The van der Waals surface area contributed by atoms with Crippen molar-refractivity contribution in [2.75, 3.05) is 9.34 Å². The summed E-state index contributed by atoms with van der Waals surface area (Å²) in [6, 6.07) is 47.9. The normalized spacial score (nSPS) is 16.0. The molecule has 1 aliphatic heterocycles. The van der Waals surface area contributed by atoms with Crippen molar-refractivity contribution >= 4 is 35.8 Å². The van der Waals surface area contributed by atoms with Gasteiger partial charge in [0.25, 0.3) is 0 Å². The summed E-state index contributed by atoms with van der Waals surface area (Å²) in [5, 5.41) is 0.701. The smallest absolute Gasteiger partial charge is 0.270 e. The third-order valence-corrected chi connectivity index (χ3v) is 10.2. The highest BCUT2D eigenvalue weighted by Gasteiger charge is 2.50. The SMILES string of the molecule is Cc1ccc(N2c3ccccc3N(c3nc(-c4ccccc4)cc(-c4ccccc4)n3)P2(=O)c2ccccc2)cc1. The minimum atomic E-state index is -3.56. The second-order valence-electron chi connectivity index (χ2n) is 10.00. The number of aromatic nitrogens is 2. The molecule has 0 saturated carbocycles. The number of benzene rings is 5. The first-order valence-corrected chi connectivity index (χ1v) is 15.2. The molecule has 6 heteroatoms. The van der Waals surface area contributed by atoms with E-state index in [1.165, 1.54) is 0 Å². The van der Waals surface area contributed by atoms with Gasteiger partial charge in [-0.3, -0.25) is 9.24 Å². The first-order chi connectivity index (χ1) is 20.1. The monoisotopic (exact) mass is 550 g/mol. The van der Waals surface area contributed by atoms with E-state index in [0.717, 1.165) is 45.1 Å². The molecule has 1 aliphatic rings. The zero-order chi connectivity index (χ0) is 27.8. The quantitative estimate of drug-likeness (QED) is 0.201. The lowest BCUT2D eigenvalue weighted by Crippen LogP contribution is -2.27. The molecule has 0 spiro atoms. The zero-order valence-electron chi connectivity index (χ0n) is 22.5. The van der Waals surface area contributed by atoms with E-state index in [4.69, 9.17) is 9.97 Å². The fourth-order valence-corrected chi connectivity index (χ4v) is 8.21. The van der Waals surface area contributed by atoms with Crippen LogP contribution in [0.3, 0.4) is 0 Å². The Balaban J connectivity index is 1.53. The Morgan fingerprint density at radius 3 is 1.54 bits per heavy atom. The fourth-order valence-electron chi connectivity index (χ4n) is 5.31. The Morgan fingerprint density at radius 1 is 0.537 bits per heavy atom. The number of rotatable bonds is 5. The van der Waals surface area contributed by atoms with E-state index in [0.29, 0.717) is 11.3 Å². The first-order valence-electron chi connectivity index (χ1n) is 13.6. The van der Waals surface area contributed by atoms with E-state index < -0.39 is 7.44 Å². The predicted octanol–water partition coefficient (Wildman–Crippen LogP) is 8.93. The van der Waals surface area contributed by atoms with Crippen LogP contribution in [0.25, 0.3) is 22.5 Å². The van der Waals surface area contributed by atoms with Crippen LogP contribution < -0.4 is 14.6 Å². The minimum Gasteiger partial charge on any atom is -0.270 e. The minimum absolute atomic E-state index is 0.388. The molecule has 7 rings (SSSR count). The van der Waals surface area contributed by atoms with Crippen LogP contribution in [0.5, 0.6) is 0 Å². The maximum Gasteiger partial charge on any atom is 0.304 e. The summed E-state index contributed by atoms with van der Waals surface area (Å²) >= 11 is 0. The van der Waals surface area contributed by atoms with Crippen LogP contribution in [0.1, 0.15) is 5.56 Å². The lowest BCUT2D eigenvalue weighted by Gasteiger charge is -2.32. The average molecular weight is 551 g/mol.